The lowest BCUT2D eigenvalue weighted by atomic mass is 10.1. The number of halogens is 2. The van der Waals surface area contributed by atoms with Gasteiger partial charge in [-0.2, -0.15) is 0 Å². The first-order chi connectivity index (χ1) is 12.6. The van der Waals surface area contributed by atoms with Crippen LogP contribution in [-0.2, 0) is 4.79 Å². The van der Waals surface area contributed by atoms with Crippen LogP contribution in [0, 0.1) is 11.6 Å². The highest BCUT2D eigenvalue weighted by Crippen LogP contribution is 2.32. The van der Waals surface area contributed by atoms with Crippen LogP contribution in [-0.4, -0.2) is 19.0 Å². The molecule has 4 nitrogen and oxygen atoms in total. The number of hydrogen-bond donors (Lipinski definition) is 2. The number of hydrogen-bond acceptors (Lipinski definition) is 3. The van der Waals surface area contributed by atoms with Gasteiger partial charge in [0.05, 0.1) is 11.3 Å². The molecule has 2 aliphatic heterocycles. The van der Waals surface area contributed by atoms with Crippen LogP contribution in [0.25, 0.3) is 5.57 Å². The van der Waals surface area contributed by atoms with E-state index in [1.165, 1.54) is 30.5 Å². The minimum atomic E-state index is -0.419. The molecule has 26 heavy (non-hydrogen) atoms. The standard InChI is InChI=1S/C20H17F2N3O/c21-13-4-6-18-15(10-13)16(20(26)24-18)12-23-14-5-7-19(17(22)11-14)25-8-2-1-3-9-25/h1-2,4-7,10-12,23H,3,8-9H2,(H,24,26)/b16-12+. The van der Waals surface area contributed by atoms with Crippen molar-refractivity contribution < 1.29 is 13.6 Å². The first-order valence-corrected chi connectivity index (χ1v) is 8.39. The molecule has 2 aromatic rings. The Morgan fingerprint density at radius 3 is 2.77 bits per heavy atom. The Morgan fingerprint density at radius 1 is 1.12 bits per heavy atom. The van der Waals surface area contributed by atoms with Crippen molar-refractivity contribution in [2.45, 2.75) is 6.42 Å². The number of carbonyl (C=O) groups is 1. The monoisotopic (exact) mass is 353 g/mol. The normalized spacial score (nSPS) is 17.4. The fraction of sp³-hybridized carbons (Fsp3) is 0.150. The molecule has 0 unspecified atom stereocenters. The number of fused-ring (bicyclic) bond motifs is 1. The average Bonchev–Trinajstić information content (AvgIpc) is 2.95. The van der Waals surface area contributed by atoms with E-state index in [0.717, 1.165) is 13.0 Å². The summed E-state index contributed by atoms with van der Waals surface area (Å²) in [5, 5.41) is 5.60. The zero-order chi connectivity index (χ0) is 18.1. The number of benzene rings is 2. The number of carbonyl (C=O) groups excluding carboxylic acids is 1. The van der Waals surface area contributed by atoms with Crippen molar-refractivity contribution in [3.05, 3.63) is 71.9 Å². The molecular formula is C20H17F2N3O. The van der Waals surface area contributed by atoms with Gasteiger partial charge in [-0.25, -0.2) is 8.78 Å². The number of amides is 1. The Balaban J connectivity index is 1.56. The molecule has 4 rings (SSSR count). The van der Waals surface area contributed by atoms with E-state index in [1.807, 2.05) is 11.0 Å². The van der Waals surface area contributed by atoms with Crippen molar-refractivity contribution in [3.63, 3.8) is 0 Å². The predicted molar refractivity (Wildman–Crippen MR) is 99.0 cm³/mol. The molecule has 2 N–H and O–H groups in total. The van der Waals surface area contributed by atoms with Gasteiger partial charge >= 0.3 is 0 Å². The van der Waals surface area contributed by atoms with Crippen molar-refractivity contribution in [1.82, 2.24) is 0 Å². The van der Waals surface area contributed by atoms with Crippen LogP contribution in [0.2, 0.25) is 0 Å². The third-order valence-electron chi connectivity index (χ3n) is 4.49. The van der Waals surface area contributed by atoms with Gasteiger partial charge in [0, 0.05) is 36.2 Å². The minimum Gasteiger partial charge on any atom is -0.365 e. The fourth-order valence-electron chi connectivity index (χ4n) is 3.17. The molecule has 1 amide bonds. The van der Waals surface area contributed by atoms with Gasteiger partial charge < -0.3 is 15.5 Å². The van der Waals surface area contributed by atoms with Gasteiger partial charge in [-0.05, 0) is 42.8 Å². The average molecular weight is 353 g/mol. The van der Waals surface area contributed by atoms with Crippen molar-refractivity contribution in [1.29, 1.82) is 0 Å². The Bertz CT molecular complexity index is 937. The molecule has 2 aromatic carbocycles. The number of anilines is 3. The zero-order valence-electron chi connectivity index (χ0n) is 13.9. The maximum Gasteiger partial charge on any atom is 0.257 e. The third-order valence-corrected chi connectivity index (χ3v) is 4.49. The summed E-state index contributed by atoms with van der Waals surface area (Å²) in [5.41, 5.74) is 2.43. The number of nitrogens with zero attached hydrogens (tertiary/aromatic N) is 1. The lowest BCUT2D eigenvalue weighted by Gasteiger charge is -2.26. The molecule has 0 atom stereocenters. The highest BCUT2D eigenvalue weighted by Gasteiger charge is 2.24. The maximum atomic E-state index is 14.4. The Hall–Kier alpha value is -3.15. The van der Waals surface area contributed by atoms with Crippen LogP contribution in [0.15, 0.2) is 54.8 Å². The summed E-state index contributed by atoms with van der Waals surface area (Å²) in [7, 11) is 0. The van der Waals surface area contributed by atoms with Gasteiger partial charge in [-0.3, -0.25) is 4.79 Å². The molecule has 132 valence electrons. The Labute approximate surface area is 149 Å². The topological polar surface area (TPSA) is 44.4 Å². The third kappa shape index (κ3) is 3.06. The van der Waals surface area contributed by atoms with Crippen molar-refractivity contribution in [2.75, 3.05) is 28.6 Å². The van der Waals surface area contributed by atoms with Crippen LogP contribution < -0.4 is 15.5 Å². The molecule has 0 aliphatic carbocycles. The van der Waals surface area contributed by atoms with Gasteiger partial charge in [0.2, 0.25) is 0 Å². The quantitative estimate of drug-likeness (QED) is 0.644. The zero-order valence-corrected chi connectivity index (χ0v) is 13.9. The molecular weight excluding hydrogens is 336 g/mol. The van der Waals surface area contributed by atoms with E-state index in [4.69, 9.17) is 0 Å². The maximum absolute atomic E-state index is 14.4. The first-order valence-electron chi connectivity index (χ1n) is 8.39. The van der Waals surface area contributed by atoms with E-state index < -0.39 is 5.82 Å². The first kappa shape index (κ1) is 16.3. The molecule has 0 saturated carbocycles. The van der Waals surface area contributed by atoms with Gasteiger partial charge in [-0.15, -0.1) is 0 Å². The Kier molecular flexibility index (Phi) is 4.16. The molecule has 0 fully saturated rings. The second-order valence-corrected chi connectivity index (χ2v) is 6.22. The minimum absolute atomic E-state index is 0.310. The van der Waals surface area contributed by atoms with E-state index in [1.54, 1.807) is 12.1 Å². The van der Waals surface area contributed by atoms with Gasteiger partial charge in [0.1, 0.15) is 11.6 Å². The van der Waals surface area contributed by atoms with Crippen molar-refractivity contribution in [3.8, 4) is 0 Å². The van der Waals surface area contributed by atoms with Crippen LogP contribution in [0.4, 0.5) is 25.8 Å². The summed E-state index contributed by atoms with van der Waals surface area (Å²) in [6, 6.07) is 8.98. The summed E-state index contributed by atoms with van der Waals surface area (Å²) in [6.45, 7) is 1.48. The molecule has 0 spiro atoms. The molecule has 0 aromatic heterocycles. The van der Waals surface area contributed by atoms with E-state index in [9.17, 15) is 13.6 Å². The molecule has 0 bridgehead atoms. The van der Waals surface area contributed by atoms with E-state index in [0.29, 0.717) is 34.7 Å². The van der Waals surface area contributed by atoms with Gasteiger partial charge in [-0.1, -0.05) is 12.2 Å². The molecule has 0 radical (unpaired) electrons. The van der Waals surface area contributed by atoms with Crippen LogP contribution in [0.3, 0.4) is 0 Å². The highest BCUT2D eigenvalue weighted by molar-refractivity contribution is 6.31. The van der Waals surface area contributed by atoms with Crippen molar-refractivity contribution >= 4 is 28.5 Å². The summed E-state index contributed by atoms with van der Waals surface area (Å²) < 4.78 is 27.9. The number of rotatable bonds is 3. The number of nitrogens with one attached hydrogen (secondary N) is 2. The van der Waals surface area contributed by atoms with E-state index >= 15 is 0 Å². The van der Waals surface area contributed by atoms with Crippen LogP contribution in [0.1, 0.15) is 12.0 Å². The van der Waals surface area contributed by atoms with Crippen LogP contribution in [0.5, 0.6) is 0 Å². The summed E-state index contributed by atoms with van der Waals surface area (Å²) in [6.07, 6.45) is 6.48. The molecule has 2 heterocycles. The molecule has 0 saturated heterocycles. The van der Waals surface area contributed by atoms with E-state index in [-0.39, 0.29) is 11.7 Å². The van der Waals surface area contributed by atoms with Crippen molar-refractivity contribution in [2.24, 2.45) is 0 Å². The highest BCUT2D eigenvalue weighted by atomic mass is 19.1. The van der Waals surface area contributed by atoms with Crippen LogP contribution >= 0.6 is 0 Å². The SMILES string of the molecule is O=C1Nc2ccc(F)cc2/C1=C\Nc1ccc(N2CC=CCC2)c(F)c1. The largest absolute Gasteiger partial charge is 0.365 e. The smallest absolute Gasteiger partial charge is 0.257 e. The van der Waals surface area contributed by atoms with Gasteiger partial charge in [0.15, 0.2) is 0 Å². The molecule has 2 aliphatic rings. The summed E-state index contributed by atoms with van der Waals surface area (Å²) in [5.74, 6) is -1.07. The Morgan fingerprint density at radius 2 is 2.00 bits per heavy atom. The lowest BCUT2D eigenvalue weighted by molar-refractivity contribution is -0.110. The predicted octanol–water partition coefficient (Wildman–Crippen LogP) is 4.14. The van der Waals surface area contributed by atoms with E-state index in [2.05, 4.69) is 16.7 Å². The summed E-state index contributed by atoms with van der Waals surface area (Å²) >= 11 is 0. The second-order valence-electron chi connectivity index (χ2n) is 6.22. The second kappa shape index (κ2) is 6.63. The fourth-order valence-corrected chi connectivity index (χ4v) is 3.17. The molecule has 6 heteroatoms. The summed E-state index contributed by atoms with van der Waals surface area (Å²) in [4.78, 5) is 14.0. The lowest BCUT2D eigenvalue weighted by Crippen LogP contribution is -2.27. The van der Waals surface area contributed by atoms with Gasteiger partial charge in [0.25, 0.3) is 5.91 Å².